The third-order valence-electron chi connectivity index (χ3n) is 2.86. The van der Waals surface area contributed by atoms with Crippen molar-refractivity contribution in [2.45, 2.75) is 13.0 Å². The molecule has 1 saturated heterocycles. The van der Waals surface area contributed by atoms with Gasteiger partial charge in [-0.25, -0.2) is 9.97 Å². The monoisotopic (exact) mass is 261 g/mol. The molecule has 0 aliphatic carbocycles. The Balaban J connectivity index is 1.95. The fourth-order valence-electron chi connectivity index (χ4n) is 2.02. The lowest BCUT2D eigenvalue weighted by atomic mass is 10.2. The SMILES string of the molecule is Cc1cc(-c2cccs2)nc(C2CNCCO2)n1. The molecule has 5 heteroatoms. The molecule has 1 aliphatic heterocycles. The van der Waals surface area contributed by atoms with E-state index in [0.717, 1.165) is 36.9 Å². The normalized spacial score (nSPS) is 19.9. The number of morpholine rings is 1. The lowest BCUT2D eigenvalue weighted by molar-refractivity contribution is 0.0221. The van der Waals surface area contributed by atoms with E-state index in [4.69, 9.17) is 4.74 Å². The molecule has 1 aliphatic rings. The smallest absolute Gasteiger partial charge is 0.159 e. The van der Waals surface area contributed by atoms with Gasteiger partial charge < -0.3 is 10.1 Å². The van der Waals surface area contributed by atoms with Crippen molar-refractivity contribution in [1.29, 1.82) is 0 Å². The molecule has 4 nitrogen and oxygen atoms in total. The minimum absolute atomic E-state index is 0.0302. The van der Waals surface area contributed by atoms with Crippen LogP contribution in [-0.2, 0) is 4.74 Å². The summed E-state index contributed by atoms with van der Waals surface area (Å²) in [5.41, 5.74) is 1.97. The molecule has 1 fully saturated rings. The van der Waals surface area contributed by atoms with Crippen molar-refractivity contribution < 1.29 is 4.74 Å². The van der Waals surface area contributed by atoms with Gasteiger partial charge in [0.05, 0.1) is 17.2 Å². The summed E-state index contributed by atoms with van der Waals surface area (Å²) in [6.07, 6.45) is -0.0302. The van der Waals surface area contributed by atoms with Gasteiger partial charge in [-0.2, -0.15) is 0 Å². The predicted octanol–water partition coefficient (Wildman–Crippen LogP) is 2.17. The van der Waals surface area contributed by atoms with E-state index >= 15 is 0 Å². The molecule has 0 amide bonds. The average Bonchev–Trinajstić information content (AvgIpc) is 2.93. The number of ether oxygens (including phenoxy) is 1. The molecule has 0 spiro atoms. The van der Waals surface area contributed by atoms with Crippen LogP contribution in [0, 0.1) is 6.92 Å². The van der Waals surface area contributed by atoms with Gasteiger partial charge in [0.2, 0.25) is 0 Å². The van der Waals surface area contributed by atoms with Crippen LogP contribution < -0.4 is 5.32 Å². The van der Waals surface area contributed by atoms with Crippen molar-refractivity contribution in [3.8, 4) is 10.6 Å². The van der Waals surface area contributed by atoms with Crippen LogP contribution in [0.3, 0.4) is 0 Å². The van der Waals surface area contributed by atoms with Gasteiger partial charge >= 0.3 is 0 Å². The number of hydrogen-bond donors (Lipinski definition) is 1. The molecule has 0 bridgehead atoms. The maximum absolute atomic E-state index is 5.71. The first-order valence-corrected chi connectivity index (χ1v) is 6.93. The van der Waals surface area contributed by atoms with Gasteiger partial charge in [0.15, 0.2) is 5.82 Å². The molecular weight excluding hydrogens is 246 g/mol. The maximum Gasteiger partial charge on any atom is 0.159 e. The van der Waals surface area contributed by atoms with E-state index in [-0.39, 0.29) is 6.10 Å². The summed E-state index contributed by atoms with van der Waals surface area (Å²) in [5.74, 6) is 0.783. The van der Waals surface area contributed by atoms with E-state index in [9.17, 15) is 0 Å². The molecule has 3 heterocycles. The molecule has 94 valence electrons. The zero-order valence-corrected chi connectivity index (χ0v) is 11.0. The van der Waals surface area contributed by atoms with Crippen LogP contribution in [0.25, 0.3) is 10.6 Å². The second kappa shape index (κ2) is 5.14. The fraction of sp³-hybridized carbons (Fsp3) is 0.385. The number of rotatable bonds is 2. The molecule has 0 radical (unpaired) electrons. The van der Waals surface area contributed by atoms with Crippen molar-refractivity contribution in [1.82, 2.24) is 15.3 Å². The van der Waals surface area contributed by atoms with Crippen molar-refractivity contribution in [3.05, 3.63) is 35.1 Å². The quantitative estimate of drug-likeness (QED) is 0.900. The highest BCUT2D eigenvalue weighted by molar-refractivity contribution is 7.13. The third kappa shape index (κ3) is 2.43. The number of nitrogens with one attached hydrogen (secondary N) is 1. The van der Waals surface area contributed by atoms with E-state index in [2.05, 4.69) is 26.7 Å². The van der Waals surface area contributed by atoms with Crippen LogP contribution in [0.15, 0.2) is 23.6 Å². The highest BCUT2D eigenvalue weighted by Gasteiger charge is 2.19. The lowest BCUT2D eigenvalue weighted by Crippen LogP contribution is -2.34. The molecule has 1 unspecified atom stereocenters. The molecule has 18 heavy (non-hydrogen) atoms. The van der Waals surface area contributed by atoms with Crippen LogP contribution in [0.1, 0.15) is 17.6 Å². The van der Waals surface area contributed by atoms with Crippen molar-refractivity contribution >= 4 is 11.3 Å². The Morgan fingerprint density at radius 3 is 3.11 bits per heavy atom. The van der Waals surface area contributed by atoms with Gasteiger partial charge in [-0.15, -0.1) is 11.3 Å². The van der Waals surface area contributed by atoms with Crippen LogP contribution >= 0.6 is 11.3 Å². The highest BCUT2D eigenvalue weighted by Crippen LogP contribution is 2.25. The van der Waals surface area contributed by atoms with Gasteiger partial charge in [0.25, 0.3) is 0 Å². The summed E-state index contributed by atoms with van der Waals surface area (Å²) < 4.78 is 5.71. The van der Waals surface area contributed by atoms with Crippen molar-refractivity contribution in [2.24, 2.45) is 0 Å². The van der Waals surface area contributed by atoms with Gasteiger partial charge in [-0.1, -0.05) is 6.07 Å². The van der Waals surface area contributed by atoms with E-state index in [1.54, 1.807) is 11.3 Å². The Hall–Kier alpha value is -1.30. The summed E-state index contributed by atoms with van der Waals surface area (Å²) in [6.45, 7) is 4.41. The largest absolute Gasteiger partial charge is 0.368 e. The number of nitrogens with zero attached hydrogens (tertiary/aromatic N) is 2. The summed E-state index contributed by atoms with van der Waals surface area (Å²) in [4.78, 5) is 10.3. The number of thiophene rings is 1. The Morgan fingerprint density at radius 2 is 2.39 bits per heavy atom. The summed E-state index contributed by atoms with van der Waals surface area (Å²) in [7, 11) is 0. The molecule has 2 aromatic rings. The third-order valence-corrected chi connectivity index (χ3v) is 3.75. The molecule has 3 rings (SSSR count). The standard InChI is InChI=1S/C13H15N3OS/c1-9-7-10(12-3-2-6-18-12)16-13(15-9)11-8-14-4-5-17-11/h2-3,6-7,11,14H,4-5,8H2,1H3. The minimum Gasteiger partial charge on any atom is -0.368 e. The number of aromatic nitrogens is 2. The first kappa shape index (κ1) is 11.8. The first-order chi connectivity index (χ1) is 8.83. The Labute approximate surface area is 110 Å². The van der Waals surface area contributed by atoms with Gasteiger partial charge in [-0.3, -0.25) is 0 Å². The minimum atomic E-state index is -0.0302. The predicted molar refractivity (Wildman–Crippen MR) is 71.6 cm³/mol. The molecular formula is C13H15N3OS. The first-order valence-electron chi connectivity index (χ1n) is 6.05. The van der Waals surface area contributed by atoms with E-state index in [1.807, 2.05) is 19.1 Å². The molecule has 0 saturated carbocycles. The summed E-state index contributed by atoms with van der Waals surface area (Å²) in [6, 6.07) is 6.14. The van der Waals surface area contributed by atoms with Gasteiger partial charge in [0.1, 0.15) is 6.10 Å². The number of aryl methyl sites for hydroxylation is 1. The molecule has 0 aromatic carbocycles. The van der Waals surface area contributed by atoms with E-state index in [0.29, 0.717) is 0 Å². The van der Waals surface area contributed by atoms with Gasteiger partial charge in [0, 0.05) is 18.8 Å². The van der Waals surface area contributed by atoms with E-state index < -0.39 is 0 Å². The zero-order chi connectivity index (χ0) is 12.4. The Bertz CT molecular complexity index is 521. The summed E-state index contributed by atoms with van der Waals surface area (Å²) >= 11 is 1.69. The maximum atomic E-state index is 5.71. The molecule has 1 atom stereocenters. The lowest BCUT2D eigenvalue weighted by Gasteiger charge is -2.22. The van der Waals surface area contributed by atoms with Crippen LogP contribution in [0.4, 0.5) is 0 Å². The Kier molecular flexibility index (Phi) is 3.36. The fourth-order valence-corrected chi connectivity index (χ4v) is 2.70. The molecule has 2 aromatic heterocycles. The Morgan fingerprint density at radius 1 is 1.44 bits per heavy atom. The second-order valence-corrected chi connectivity index (χ2v) is 5.24. The van der Waals surface area contributed by atoms with Crippen LogP contribution in [0.5, 0.6) is 0 Å². The molecule has 1 N–H and O–H groups in total. The summed E-state index contributed by atoms with van der Waals surface area (Å²) in [5, 5.41) is 5.37. The van der Waals surface area contributed by atoms with E-state index in [1.165, 1.54) is 4.88 Å². The van der Waals surface area contributed by atoms with Crippen molar-refractivity contribution in [2.75, 3.05) is 19.7 Å². The average molecular weight is 261 g/mol. The van der Waals surface area contributed by atoms with Crippen LogP contribution in [-0.4, -0.2) is 29.7 Å². The second-order valence-electron chi connectivity index (χ2n) is 4.29. The highest BCUT2D eigenvalue weighted by atomic mass is 32.1. The van der Waals surface area contributed by atoms with Crippen LogP contribution in [0.2, 0.25) is 0 Å². The van der Waals surface area contributed by atoms with Gasteiger partial charge in [-0.05, 0) is 24.4 Å². The number of hydrogen-bond acceptors (Lipinski definition) is 5. The zero-order valence-electron chi connectivity index (χ0n) is 10.2. The van der Waals surface area contributed by atoms with Crippen molar-refractivity contribution in [3.63, 3.8) is 0 Å². The topological polar surface area (TPSA) is 47.0 Å².